The van der Waals surface area contributed by atoms with E-state index in [9.17, 15) is 14.3 Å². The molecule has 0 bridgehead atoms. The summed E-state index contributed by atoms with van der Waals surface area (Å²) in [6.07, 6.45) is 1.26. The minimum absolute atomic E-state index is 0.210. The average molecular weight is 409 g/mol. The van der Waals surface area contributed by atoms with Gasteiger partial charge in [0.15, 0.2) is 0 Å². The summed E-state index contributed by atoms with van der Waals surface area (Å²) in [6.45, 7) is 1.48. The molecule has 0 heterocycles. The Morgan fingerprint density at radius 1 is 1.11 bits per heavy atom. The van der Waals surface area contributed by atoms with Crippen LogP contribution in [0.4, 0.5) is 4.39 Å². The number of rotatable bonds is 9. The van der Waals surface area contributed by atoms with Crippen molar-refractivity contribution in [3.05, 3.63) is 60.2 Å². The molecule has 0 fully saturated rings. The number of carbonyl (C=O) groups is 1. The molecule has 0 aliphatic heterocycles. The highest BCUT2D eigenvalue weighted by molar-refractivity contribution is 6.16. The molecule has 2 rings (SSSR count). The lowest BCUT2D eigenvalue weighted by atomic mass is 9.82. The first-order chi connectivity index (χ1) is 13.3. The van der Waals surface area contributed by atoms with Crippen molar-refractivity contribution in [2.45, 2.75) is 37.8 Å². The molecular weight excluding hydrogens is 383 g/mol. The molecule has 152 valence electrons. The molecule has 2 aromatic carbocycles. The standard InChI is InChI=1S/C21H26ClFN2O3/c1-20(27,15-23)21(2,19(26)24-28)25(22)14-6-7-16-10-12-18(13-11-16)17-8-4-3-5-9-17/h3-5,8-13,27-28H,6-7,14-15H2,1-2H3,(H,24,26). The summed E-state index contributed by atoms with van der Waals surface area (Å²) < 4.78 is 14.3. The minimum atomic E-state index is -2.07. The van der Waals surface area contributed by atoms with Crippen molar-refractivity contribution in [2.75, 3.05) is 13.2 Å². The van der Waals surface area contributed by atoms with E-state index in [4.69, 9.17) is 17.0 Å². The van der Waals surface area contributed by atoms with Crippen LogP contribution in [0.25, 0.3) is 11.1 Å². The molecule has 0 saturated carbocycles. The fourth-order valence-electron chi connectivity index (χ4n) is 3.00. The van der Waals surface area contributed by atoms with Gasteiger partial charge in [-0.2, -0.15) is 0 Å². The summed E-state index contributed by atoms with van der Waals surface area (Å²) in [5.41, 5.74) is 0.908. The van der Waals surface area contributed by atoms with Gasteiger partial charge in [0.1, 0.15) is 17.8 Å². The number of benzene rings is 2. The molecule has 0 radical (unpaired) electrons. The Bertz CT molecular complexity index is 771. The average Bonchev–Trinajstić information content (AvgIpc) is 2.73. The molecule has 0 aliphatic rings. The van der Waals surface area contributed by atoms with E-state index in [0.29, 0.717) is 12.8 Å². The lowest BCUT2D eigenvalue weighted by molar-refractivity contribution is -0.156. The van der Waals surface area contributed by atoms with Crippen molar-refractivity contribution in [3.63, 3.8) is 0 Å². The van der Waals surface area contributed by atoms with Crippen molar-refractivity contribution in [2.24, 2.45) is 0 Å². The van der Waals surface area contributed by atoms with E-state index in [0.717, 1.165) is 21.1 Å². The normalized spacial score (nSPS) is 15.7. The Balaban J connectivity index is 2.00. The van der Waals surface area contributed by atoms with Gasteiger partial charge in [0.25, 0.3) is 5.91 Å². The van der Waals surface area contributed by atoms with Gasteiger partial charge in [-0.1, -0.05) is 54.6 Å². The van der Waals surface area contributed by atoms with Gasteiger partial charge in [-0.3, -0.25) is 10.0 Å². The highest BCUT2D eigenvalue weighted by atomic mass is 35.5. The number of hydroxylamine groups is 1. The van der Waals surface area contributed by atoms with E-state index in [1.165, 1.54) is 19.3 Å². The van der Waals surface area contributed by atoms with Gasteiger partial charge in [0.05, 0.1) is 0 Å². The number of alkyl halides is 1. The third-order valence-corrected chi connectivity index (χ3v) is 5.73. The first kappa shape index (κ1) is 22.3. The van der Waals surface area contributed by atoms with Crippen LogP contribution in [0.15, 0.2) is 54.6 Å². The summed E-state index contributed by atoms with van der Waals surface area (Å²) in [6, 6.07) is 18.2. The monoisotopic (exact) mass is 408 g/mol. The van der Waals surface area contributed by atoms with Crippen LogP contribution in [0.5, 0.6) is 0 Å². The van der Waals surface area contributed by atoms with Gasteiger partial charge in [0, 0.05) is 6.54 Å². The lowest BCUT2D eigenvalue weighted by Crippen LogP contribution is -2.67. The van der Waals surface area contributed by atoms with E-state index in [1.54, 1.807) is 0 Å². The predicted octanol–water partition coefficient (Wildman–Crippen LogP) is 3.73. The summed E-state index contributed by atoms with van der Waals surface area (Å²) >= 11 is 6.23. The van der Waals surface area contributed by atoms with Crippen LogP contribution in [-0.4, -0.2) is 45.0 Å². The maximum Gasteiger partial charge on any atom is 0.267 e. The van der Waals surface area contributed by atoms with Crippen LogP contribution >= 0.6 is 11.8 Å². The molecule has 0 saturated heterocycles. The van der Waals surface area contributed by atoms with E-state index in [-0.39, 0.29) is 6.54 Å². The second-order valence-corrected chi connectivity index (χ2v) is 7.58. The molecule has 2 unspecified atom stereocenters. The van der Waals surface area contributed by atoms with Crippen LogP contribution < -0.4 is 5.48 Å². The highest BCUT2D eigenvalue weighted by Gasteiger charge is 2.53. The topological polar surface area (TPSA) is 72.8 Å². The SMILES string of the molecule is CC(O)(CF)C(C)(C(=O)NO)N(Cl)CCCc1ccc(-c2ccccc2)cc1. The van der Waals surface area contributed by atoms with Gasteiger partial charge in [0.2, 0.25) is 0 Å². The molecule has 2 aromatic rings. The van der Waals surface area contributed by atoms with Crippen LogP contribution in [0.2, 0.25) is 0 Å². The Labute approximate surface area is 169 Å². The first-order valence-corrected chi connectivity index (χ1v) is 9.40. The number of hydrogen-bond donors (Lipinski definition) is 3. The number of amides is 1. The zero-order valence-corrected chi connectivity index (χ0v) is 16.8. The third kappa shape index (κ3) is 4.70. The molecule has 0 aliphatic carbocycles. The number of nitrogens with one attached hydrogen (secondary N) is 1. The molecule has 5 nitrogen and oxygen atoms in total. The van der Waals surface area contributed by atoms with Gasteiger partial charge in [-0.15, -0.1) is 0 Å². The van der Waals surface area contributed by atoms with Crippen molar-refractivity contribution in [3.8, 4) is 11.1 Å². The Kier molecular flexibility index (Phi) is 7.55. The van der Waals surface area contributed by atoms with Gasteiger partial charge < -0.3 is 5.11 Å². The number of aliphatic hydroxyl groups is 1. The molecule has 7 heteroatoms. The summed E-state index contributed by atoms with van der Waals surface area (Å²) in [7, 11) is 0. The number of nitrogens with zero attached hydrogens (tertiary/aromatic N) is 1. The van der Waals surface area contributed by atoms with Crippen molar-refractivity contribution >= 4 is 17.7 Å². The Morgan fingerprint density at radius 2 is 1.68 bits per heavy atom. The third-order valence-electron chi connectivity index (χ3n) is 5.22. The quantitative estimate of drug-likeness (QED) is 0.336. The lowest BCUT2D eigenvalue weighted by Gasteiger charge is -2.43. The summed E-state index contributed by atoms with van der Waals surface area (Å²) in [4.78, 5) is 12.1. The Morgan fingerprint density at radius 3 is 2.21 bits per heavy atom. The zero-order valence-electron chi connectivity index (χ0n) is 16.0. The summed E-state index contributed by atoms with van der Waals surface area (Å²) in [5.74, 6) is -0.975. The van der Waals surface area contributed by atoms with E-state index < -0.39 is 23.7 Å². The van der Waals surface area contributed by atoms with Crippen LogP contribution in [-0.2, 0) is 11.2 Å². The molecule has 3 N–H and O–H groups in total. The molecule has 0 aromatic heterocycles. The number of carbonyl (C=O) groups excluding carboxylic acids is 1. The van der Waals surface area contributed by atoms with Crippen LogP contribution in [0.3, 0.4) is 0 Å². The second kappa shape index (κ2) is 9.47. The van der Waals surface area contributed by atoms with E-state index in [1.807, 2.05) is 54.6 Å². The van der Waals surface area contributed by atoms with Gasteiger partial charge in [-0.25, -0.2) is 14.3 Å². The van der Waals surface area contributed by atoms with E-state index in [2.05, 4.69) is 0 Å². The molecular formula is C21H26ClFN2O3. The first-order valence-electron chi connectivity index (χ1n) is 9.07. The number of aryl methyl sites for hydroxylation is 1. The van der Waals surface area contributed by atoms with E-state index >= 15 is 0 Å². The minimum Gasteiger partial charge on any atom is -0.385 e. The van der Waals surface area contributed by atoms with Gasteiger partial charge >= 0.3 is 0 Å². The van der Waals surface area contributed by atoms with Crippen molar-refractivity contribution in [1.29, 1.82) is 0 Å². The van der Waals surface area contributed by atoms with Crippen LogP contribution in [0.1, 0.15) is 25.8 Å². The second-order valence-electron chi connectivity index (χ2n) is 7.17. The Hall–Kier alpha value is -1.99. The highest BCUT2D eigenvalue weighted by Crippen LogP contribution is 2.32. The summed E-state index contributed by atoms with van der Waals surface area (Å²) in [5, 5.41) is 19.3. The van der Waals surface area contributed by atoms with Gasteiger partial charge in [-0.05, 0) is 55.2 Å². The maximum absolute atomic E-state index is 13.3. The van der Waals surface area contributed by atoms with Crippen molar-refractivity contribution < 1.29 is 19.5 Å². The zero-order chi connectivity index (χ0) is 20.8. The molecule has 0 spiro atoms. The molecule has 1 amide bonds. The number of halogens is 2. The molecule has 2 atom stereocenters. The van der Waals surface area contributed by atoms with Crippen molar-refractivity contribution in [1.82, 2.24) is 9.90 Å². The number of hydrogen-bond acceptors (Lipinski definition) is 4. The fraction of sp³-hybridized carbons (Fsp3) is 0.381. The fourth-order valence-corrected chi connectivity index (χ4v) is 3.37. The predicted molar refractivity (Wildman–Crippen MR) is 108 cm³/mol. The maximum atomic E-state index is 13.3. The van der Waals surface area contributed by atoms with Crippen LogP contribution in [0, 0.1) is 0 Å². The smallest absolute Gasteiger partial charge is 0.267 e. The largest absolute Gasteiger partial charge is 0.385 e. The molecule has 28 heavy (non-hydrogen) atoms.